The Morgan fingerprint density at radius 1 is 1.04 bits per heavy atom. The van der Waals surface area contributed by atoms with Crippen molar-refractivity contribution >= 4 is 29.4 Å². The van der Waals surface area contributed by atoms with E-state index in [2.05, 4.69) is 5.32 Å². The molecule has 2 aromatic rings. The van der Waals surface area contributed by atoms with E-state index >= 15 is 0 Å². The fourth-order valence-corrected chi connectivity index (χ4v) is 2.74. The van der Waals surface area contributed by atoms with Crippen LogP contribution >= 0.6 is 0 Å². The van der Waals surface area contributed by atoms with Crippen LogP contribution in [-0.4, -0.2) is 48.9 Å². The number of carboxylic acids is 1. The Labute approximate surface area is 154 Å². The molecule has 3 amide bonds. The van der Waals surface area contributed by atoms with Crippen LogP contribution in [0.25, 0.3) is 0 Å². The molecule has 1 aliphatic heterocycles. The van der Waals surface area contributed by atoms with E-state index in [1.54, 1.807) is 0 Å². The van der Waals surface area contributed by atoms with Gasteiger partial charge in [-0.2, -0.15) is 0 Å². The van der Waals surface area contributed by atoms with Crippen LogP contribution in [0.15, 0.2) is 42.5 Å². The summed E-state index contributed by atoms with van der Waals surface area (Å²) in [7, 11) is 1.47. The number of rotatable bonds is 6. The molecule has 1 aliphatic rings. The van der Waals surface area contributed by atoms with Gasteiger partial charge in [0, 0.05) is 18.4 Å². The highest BCUT2D eigenvalue weighted by Gasteiger charge is 2.35. The molecular weight excluding hydrogens is 352 g/mol. The second kappa shape index (κ2) is 7.38. The molecule has 0 saturated heterocycles. The standard InChI is InChI=1S/C19H16N2O6/c1-27-8-7-21-17(23)14-6-5-11(10-15(14)18(21)24)16(22)20-13-4-2-3-12(9-13)19(25)26/h2-6,9-10H,7-8H2,1H3,(H,20,22)(H,25,26)/p-1. The third-order valence-electron chi connectivity index (χ3n) is 4.11. The number of carbonyl (C=O) groups excluding carboxylic acids is 4. The van der Waals surface area contributed by atoms with Crippen molar-refractivity contribution in [1.82, 2.24) is 4.90 Å². The molecule has 8 nitrogen and oxygen atoms in total. The molecule has 0 aromatic heterocycles. The van der Waals surface area contributed by atoms with Gasteiger partial charge in [-0.25, -0.2) is 0 Å². The minimum atomic E-state index is -1.36. The zero-order valence-electron chi connectivity index (χ0n) is 14.4. The van der Waals surface area contributed by atoms with E-state index in [0.717, 1.165) is 4.90 Å². The molecule has 0 saturated carbocycles. The lowest BCUT2D eigenvalue weighted by molar-refractivity contribution is -0.255. The van der Waals surface area contributed by atoms with Crippen molar-refractivity contribution in [1.29, 1.82) is 0 Å². The number of imide groups is 1. The lowest BCUT2D eigenvalue weighted by atomic mass is 10.1. The number of carboxylic acid groups (broad SMARTS) is 1. The largest absolute Gasteiger partial charge is 0.545 e. The fraction of sp³-hybridized carbons (Fsp3) is 0.158. The van der Waals surface area contributed by atoms with Crippen molar-refractivity contribution in [3.63, 3.8) is 0 Å². The number of hydrogen-bond acceptors (Lipinski definition) is 6. The van der Waals surface area contributed by atoms with Crippen molar-refractivity contribution < 1.29 is 29.0 Å². The Bertz CT molecular complexity index is 953. The summed E-state index contributed by atoms with van der Waals surface area (Å²) in [5, 5.41) is 13.5. The number of aromatic carboxylic acids is 1. The average Bonchev–Trinajstić information content (AvgIpc) is 2.90. The predicted molar refractivity (Wildman–Crippen MR) is 92.4 cm³/mol. The highest BCUT2D eigenvalue weighted by Crippen LogP contribution is 2.24. The molecular formula is C19H15N2O6-. The molecule has 8 heteroatoms. The summed E-state index contributed by atoms with van der Waals surface area (Å²) in [4.78, 5) is 49.1. The molecule has 1 N–H and O–H groups in total. The molecule has 0 fully saturated rings. The summed E-state index contributed by atoms with van der Waals surface area (Å²) in [6.07, 6.45) is 0. The van der Waals surface area contributed by atoms with Crippen molar-refractivity contribution in [3.8, 4) is 0 Å². The lowest BCUT2D eigenvalue weighted by Gasteiger charge is -2.12. The molecule has 2 aromatic carbocycles. The Balaban J connectivity index is 1.82. The van der Waals surface area contributed by atoms with Crippen LogP contribution in [0.5, 0.6) is 0 Å². The molecule has 0 atom stereocenters. The SMILES string of the molecule is COCCN1C(=O)c2ccc(C(=O)Nc3cccc(C(=O)[O-])c3)cc2C1=O. The van der Waals surface area contributed by atoms with Crippen LogP contribution in [0.1, 0.15) is 41.4 Å². The topological polar surface area (TPSA) is 116 Å². The van der Waals surface area contributed by atoms with Crippen LogP contribution in [0.2, 0.25) is 0 Å². The number of amides is 3. The highest BCUT2D eigenvalue weighted by atomic mass is 16.5. The lowest BCUT2D eigenvalue weighted by Crippen LogP contribution is -2.32. The quantitative estimate of drug-likeness (QED) is 0.745. The Morgan fingerprint density at radius 3 is 2.48 bits per heavy atom. The summed E-state index contributed by atoms with van der Waals surface area (Å²) in [6, 6.07) is 9.82. The first-order chi connectivity index (χ1) is 12.9. The second-order valence-electron chi connectivity index (χ2n) is 5.84. The van der Waals surface area contributed by atoms with Gasteiger partial charge in [0.2, 0.25) is 0 Å². The third-order valence-corrected chi connectivity index (χ3v) is 4.11. The van der Waals surface area contributed by atoms with Gasteiger partial charge in [-0.3, -0.25) is 19.3 Å². The minimum Gasteiger partial charge on any atom is -0.545 e. The van der Waals surface area contributed by atoms with E-state index in [1.165, 1.54) is 49.6 Å². The van der Waals surface area contributed by atoms with Gasteiger partial charge in [0.1, 0.15) is 0 Å². The number of methoxy groups -OCH3 is 1. The van der Waals surface area contributed by atoms with Crippen molar-refractivity contribution in [2.45, 2.75) is 0 Å². The summed E-state index contributed by atoms with van der Waals surface area (Å²) in [5.41, 5.74) is 0.740. The van der Waals surface area contributed by atoms with Crippen LogP contribution < -0.4 is 10.4 Å². The maximum atomic E-state index is 12.4. The number of carbonyl (C=O) groups is 4. The Hall–Kier alpha value is -3.52. The average molecular weight is 367 g/mol. The molecule has 0 spiro atoms. The molecule has 27 heavy (non-hydrogen) atoms. The van der Waals surface area contributed by atoms with E-state index in [9.17, 15) is 24.3 Å². The molecule has 3 rings (SSSR count). The van der Waals surface area contributed by atoms with E-state index in [1.807, 2.05) is 0 Å². The molecule has 1 heterocycles. The molecule has 0 unspecified atom stereocenters. The van der Waals surface area contributed by atoms with Crippen molar-refractivity contribution in [2.24, 2.45) is 0 Å². The van der Waals surface area contributed by atoms with Crippen LogP contribution in [0.3, 0.4) is 0 Å². The van der Waals surface area contributed by atoms with Crippen LogP contribution in [0.4, 0.5) is 5.69 Å². The first kappa shape index (κ1) is 18.3. The van der Waals surface area contributed by atoms with Gasteiger partial charge in [-0.05, 0) is 35.9 Å². The van der Waals surface area contributed by atoms with Crippen LogP contribution in [0, 0.1) is 0 Å². The first-order valence-corrected chi connectivity index (χ1v) is 8.04. The van der Waals surface area contributed by atoms with Gasteiger partial charge in [0.25, 0.3) is 17.7 Å². The minimum absolute atomic E-state index is 0.0729. The van der Waals surface area contributed by atoms with E-state index < -0.39 is 23.7 Å². The zero-order chi connectivity index (χ0) is 19.6. The summed E-state index contributed by atoms with van der Waals surface area (Å²) < 4.78 is 4.90. The summed E-state index contributed by atoms with van der Waals surface area (Å²) in [5.74, 6) is -2.81. The summed E-state index contributed by atoms with van der Waals surface area (Å²) in [6.45, 7) is 0.341. The van der Waals surface area contributed by atoms with Crippen LogP contribution in [-0.2, 0) is 4.74 Å². The second-order valence-corrected chi connectivity index (χ2v) is 5.84. The predicted octanol–water partition coefficient (Wildman–Crippen LogP) is 0.545. The smallest absolute Gasteiger partial charge is 0.261 e. The van der Waals surface area contributed by atoms with Gasteiger partial charge in [0.15, 0.2) is 0 Å². The van der Waals surface area contributed by atoms with E-state index in [-0.39, 0.29) is 41.1 Å². The maximum absolute atomic E-state index is 12.4. The zero-order valence-corrected chi connectivity index (χ0v) is 14.4. The normalized spacial score (nSPS) is 12.9. The number of anilines is 1. The molecule has 0 aliphatic carbocycles. The van der Waals surface area contributed by atoms with Gasteiger partial charge in [0.05, 0.1) is 30.2 Å². The van der Waals surface area contributed by atoms with E-state index in [0.29, 0.717) is 0 Å². The number of nitrogens with one attached hydrogen (secondary N) is 1. The molecule has 0 radical (unpaired) electrons. The fourth-order valence-electron chi connectivity index (χ4n) is 2.74. The number of benzene rings is 2. The molecule has 0 bridgehead atoms. The van der Waals surface area contributed by atoms with Crippen molar-refractivity contribution in [3.05, 3.63) is 64.7 Å². The van der Waals surface area contributed by atoms with Gasteiger partial charge < -0.3 is 20.0 Å². The number of nitrogens with zero attached hydrogens (tertiary/aromatic N) is 1. The van der Waals surface area contributed by atoms with Gasteiger partial charge >= 0.3 is 0 Å². The number of ether oxygens (including phenoxy) is 1. The van der Waals surface area contributed by atoms with Crippen molar-refractivity contribution in [2.75, 3.05) is 25.6 Å². The Morgan fingerprint density at radius 2 is 1.78 bits per heavy atom. The monoisotopic (exact) mass is 367 g/mol. The molecule has 138 valence electrons. The van der Waals surface area contributed by atoms with E-state index in [4.69, 9.17) is 4.74 Å². The Kier molecular flexibility index (Phi) is 5.00. The third kappa shape index (κ3) is 3.56. The summed E-state index contributed by atoms with van der Waals surface area (Å²) >= 11 is 0. The first-order valence-electron chi connectivity index (χ1n) is 8.04. The van der Waals surface area contributed by atoms with Gasteiger partial charge in [-0.1, -0.05) is 12.1 Å². The maximum Gasteiger partial charge on any atom is 0.261 e. The van der Waals surface area contributed by atoms with Gasteiger partial charge in [-0.15, -0.1) is 0 Å². The highest BCUT2D eigenvalue weighted by molar-refractivity contribution is 6.22. The number of fused-ring (bicyclic) bond motifs is 1. The number of hydrogen-bond donors (Lipinski definition) is 1.